The normalized spacial score (nSPS) is 9.36. The highest BCUT2D eigenvalue weighted by molar-refractivity contribution is 6.02. The third kappa shape index (κ3) is 13.3. The molecule has 2 rings (SSSR count). The van der Waals surface area contributed by atoms with E-state index in [4.69, 9.17) is 14.6 Å². The van der Waals surface area contributed by atoms with E-state index in [-0.39, 0.29) is 29.9 Å². The Hall–Kier alpha value is -3.71. The van der Waals surface area contributed by atoms with Gasteiger partial charge >= 0.3 is 17.9 Å². The monoisotopic (exact) mass is 456 g/mol. The Morgan fingerprint density at radius 3 is 1.85 bits per heavy atom. The van der Waals surface area contributed by atoms with Crippen LogP contribution in [0.1, 0.15) is 40.1 Å². The van der Waals surface area contributed by atoms with Crippen molar-refractivity contribution in [1.82, 2.24) is 0 Å². The van der Waals surface area contributed by atoms with Crippen molar-refractivity contribution in [3.8, 4) is 0 Å². The van der Waals surface area contributed by atoms with Crippen molar-refractivity contribution < 1.29 is 33.9 Å². The lowest BCUT2D eigenvalue weighted by atomic mass is 10.1. The van der Waals surface area contributed by atoms with E-state index in [9.17, 15) is 14.4 Å². The van der Waals surface area contributed by atoms with Crippen molar-refractivity contribution in [2.24, 2.45) is 0 Å². The van der Waals surface area contributed by atoms with E-state index in [1.165, 1.54) is 48.2 Å². The van der Waals surface area contributed by atoms with Crippen LogP contribution in [0, 0.1) is 0 Å². The Bertz CT molecular complexity index is 906. The van der Waals surface area contributed by atoms with Crippen molar-refractivity contribution in [3.63, 3.8) is 0 Å². The lowest BCUT2D eigenvalue weighted by molar-refractivity contribution is -0.856. The molecule has 0 unspecified atom stereocenters. The van der Waals surface area contributed by atoms with Crippen LogP contribution in [0.4, 0.5) is 0 Å². The largest absolute Gasteiger partial charge is 0.478 e. The van der Waals surface area contributed by atoms with Gasteiger partial charge in [-0.25, -0.2) is 14.4 Å². The molecule has 178 valence electrons. The van der Waals surface area contributed by atoms with Crippen LogP contribution in [0.15, 0.2) is 73.3 Å². The van der Waals surface area contributed by atoms with Gasteiger partial charge in [-0.15, -0.1) is 0 Å². The number of ether oxygens (including phenoxy) is 2. The molecule has 0 aliphatic carbocycles. The standard InChI is InChI=1S/C14H14O6.C8H8.C4H11N/c1-9(2)13(17)19-7-8-20-14(18)11-6-4-3-5-10(11)12(15)16;1-2-8-6-4-3-5-7-8;1-4-5(2)3/h3-6H,1,7-8H2,2H3,(H,15,16);2-7H,1H2;4H2,1-3H3/p+1. The summed E-state index contributed by atoms with van der Waals surface area (Å²) in [6.07, 6.45) is 1.83. The molecule has 2 aromatic carbocycles. The summed E-state index contributed by atoms with van der Waals surface area (Å²) >= 11 is 0. The number of nitrogens with one attached hydrogen (secondary N) is 1. The molecule has 2 aromatic rings. The fourth-order valence-corrected chi connectivity index (χ4v) is 1.91. The van der Waals surface area contributed by atoms with Crippen molar-refractivity contribution in [1.29, 1.82) is 0 Å². The number of carboxylic acids is 1. The zero-order valence-electron chi connectivity index (χ0n) is 19.8. The van der Waals surface area contributed by atoms with Gasteiger partial charge in [-0.1, -0.05) is 61.7 Å². The van der Waals surface area contributed by atoms with Crippen LogP contribution in [-0.2, 0) is 14.3 Å². The van der Waals surface area contributed by atoms with E-state index in [2.05, 4.69) is 34.2 Å². The van der Waals surface area contributed by atoms with Crippen LogP contribution in [0.25, 0.3) is 6.08 Å². The molecule has 0 amide bonds. The predicted molar refractivity (Wildman–Crippen MR) is 129 cm³/mol. The highest BCUT2D eigenvalue weighted by atomic mass is 16.6. The number of hydrogen-bond acceptors (Lipinski definition) is 5. The van der Waals surface area contributed by atoms with E-state index >= 15 is 0 Å². The zero-order valence-corrected chi connectivity index (χ0v) is 19.8. The zero-order chi connectivity index (χ0) is 25.2. The first-order valence-electron chi connectivity index (χ1n) is 10.4. The summed E-state index contributed by atoms with van der Waals surface area (Å²) in [6, 6.07) is 15.7. The molecule has 33 heavy (non-hydrogen) atoms. The highest BCUT2D eigenvalue weighted by Crippen LogP contribution is 2.10. The Morgan fingerprint density at radius 2 is 1.42 bits per heavy atom. The number of benzene rings is 2. The molecule has 0 saturated carbocycles. The predicted octanol–water partition coefficient (Wildman–Crippen LogP) is 3.14. The quantitative estimate of drug-likeness (QED) is 0.360. The van der Waals surface area contributed by atoms with Crippen LogP contribution in [-0.4, -0.2) is 56.9 Å². The molecule has 7 heteroatoms. The molecule has 0 radical (unpaired) electrons. The van der Waals surface area contributed by atoms with Gasteiger partial charge in [0, 0.05) is 5.57 Å². The molecule has 0 bridgehead atoms. The maximum absolute atomic E-state index is 11.7. The van der Waals surface area contributed by atoms with Gasteiger partial charge in [-0.2, -0.15) is 0 Å². The molecule has 7 nitrogen and oxygen atoms in total. The van der Waals surface area contributed by atoms with Gasteiger partial charge in [-0.05, 0) is 31.5 Å². The average molecular weight is 457 g/mol. The molecule has 2 N–H and O–H groups in total. The second-order valence-corrected chi connectivity index (χ2v) is 7.08. The number of carboxylic acid groups (broad SMARTS) is 1. The van der Waals surface area contributed by atoms with Gasteiger partial charge in [0.25, 0.3) is 0 Å². The number of rotatable bonds is 8. The minimum absolute atomic E-state index is 0.0498. The second-order valence-electron chi connectivity index (χ2n) is 7.08. The molecule has 0 heterocycles. The van der Waals surface area contributed by atoms with Crippen molar-refractivity contribution in [2.45, 2.75) is 13.8 Å². The molecule has 0 aromatic heterocycles. The minimum Gasteiger partial charge on any atom is -0.478 e. The number of aromatic carboxylic acids is 1. The maximum atomic E-state index is 11.7. The van der Waals surface area contributed by atoms with E-state index in [0.29, 0.717) is 0 Å². The summed E-state index contributed by atoms with van der Waals surface area (Å²) in [4.78, 5) is 35.2. The van der Waals surface area contributed by atoms with Gasteiger partial charge < -0.3 is 19.5 Å². The van der Waals surface area contributed by atoms with Crippen molar-refractivity contribution >= 4 is 24.0 Å². The van der Waals surface area contributed by atoms with Crippen LogP contribution >= 0.6 is 0 Å². The summed E-state index contributed by atoms with van der Waals surface area (Å²) in [5, 5.41) is 8.93. The van der Waals surface area contributed by atoms with Gasteiger partial charge in [0.05, 0.1) is 31.8 Å². The first kappa shape index (κ1) is 29.3. The van der Waals surface area contributed by atoms with Crippen molar-refractivity contribution in [3.05, 3.63) is 90.0 Å². The van der Waals surface area contributed by atoms with Crippen LogP contribution in [0.2, 0.25) is 0 Å². The first-order chi connectivity index (χ1) is 15.6. The van der Waals surface area contributed by atoms with E-state index in [1.54, 1.807) is 0 Å². The van der Waals surface area contributed by atoms with E-state index < -0.39 is 17.9 Å². The van der Waals surface area contributed by atoms with Gasteiger partial charge in [0.1, 0.15) is 13.2 Å². The fraction of sp³-hybridized carbons (Fsp3) is 0.269. The third-order valence-corrected chi connectivity index (χ3v) is 4.02. The van der Waals surface area contributed by atoms with Crippen molar-refractivity contribution in [2.75, 3.05) is 33.9 Å². The lowest BCUT2D eigenvalue weighted by Gasteiger charge is -2.07. The molecule has 0 aliphatic rings. The van der Waals surface area contributed by atoms with Crippen LogP contribution in [0.5, 0.6) is 0 Å². The Balaban J connectivity index is 0.000000640. The molecule has 0 aliphatic heterocycles. The third-order valence-electron chi connectivity index (χ3n) is 4.02. The van der Waals surface area contributed by atoms with Crippen LogP contribution in [0.3, 0.4) is 0 Å². The summed E-state index contributed by atoms with van der Waals surface area (Å²) in [6.45, 7) is 11.6. The van der Waals surface area contributed by atoms with Gasteiger partial charge in [0.15, 0.2) is 0 Å². The molecule has 0 fully saturated rings. The Kier molecular flexibility index (Phi) is 15.0. The topological polar surface area (TPSA) is 94.3 Å². The molecule has 0 spiro atoms. The summed E-state index contributed by atoms with van der Waals surface area (Å²) in [5.41, 5.74) is 1.22. The van der Waals surface area contributed by atoms with E-state index in [1.807, 2.05) is 36.4 Å². The summed E-state index contributed by atoms with van der Waals surface area (Å²) in [5.74, 6) is -2.58. The highest BCUT2D eigenvalue weighted by Gasteiger charge is 2.16. The number of hydrogen-bond donors (Lipinski definition) is 2. The number of esters is 2. The SMILES string of the molecule is C=C(C)C(=O)OCCOC(=O)c1ccccc1C(=O)O.C=Cc1ccccc1.CC[NH+](C)C. The van der Waals surface area contributed by atoms with E-state index in [0.717, 1.165) is 0 Å². The average Bonchev–Trinajstić information content (AvgIpc) is 2.82. The lowest BCUT2D eigenvalue weighted by Crippen LogP contribution is -3.05. The maximum Gasteiger partial charge on any atom is 0.339 e. The molecule has 0 atom stereocenters. The van der Waals surface area contributed by atoms with Gasteiger partial charge in [0.2, 0.25) is 0 Å². The molecular formula is C26H34NO6+. The number of carbonyl (C=O) groups is 3. The smallest absolute Gasteiger partial charge is 0.339 e. The second kappa shape index (κ2) is 16.9. The summed E-state index contributed by atoms with van der Waals surface area (Å²) in [7, 11) is 4.28. The number of quaternary nitrogens is 1. The molecular weight excluding hydrogens is 422 g/mol. The first-order valence-corrected chi connectivity index (χ1v) is 10.4. The molecule has 0 saturated heterocycles. The Labute approximate surface area is 195 Å². The minimum atomic E-state index is -1.22. The Morgan fingerprint density at radius 1 is 0.939 bits per heavy atom. The fourth-order valence-electron chi connectivity index (χ4n) is 1.91. The number of carbonyl (C=O) groups excluding carboxylic acids is 2. The van der Waals surface area contributed by atoms with Gasteiger partial charge in [-0.3, -0.25) is 0 Å². The summed E-state index contributed by atoms with van der Waals surface area (Å²) < 4.78 is 9.58. The van der Waals surface area contributed by atoms with Crippen LogP contribution < -0.4 is 4.90 Å².